The van der Waals surface area contributed by atoms with E-state index in [9.17, 15) is 22.6 Å². The highest BCUT2D eigenvalue weighted by molar-refractivity contribution is 7.86. The predicted octanol–water partition coefficient (Wildman–Crippen LogP) is 1.66. The molecular formula is C14H12O7S. The van der Waals surface area contributed by atoms with E-state index in [1.807, 2.05) is 0 Å². The second-order valence-corrected chi connectivity index (χ2v) is 5.66. The second kappa shape index (κ2) is 5.74. The zero-order valence-corrected chi connectivity index (χ0v) is 12.5. The van der Waals surface area contributed by atoms with Crippen LogP contribution in [0.5, 0.6) is 0 Å². The molecule has 8 heteroatoms. The summed E-state index contributed by atoms with van der Waals surface area (Å²) in [6.45, 7) is 0. The minimum absolute atomic E-state index is 0.00843. The zero-order valence-electron chi connectivity index (χ0n) is 11.7. The van der Waals surface area contributed by atoms with Gasteiger partial charge in [0.25, 0.3) is 10.1 Å². The van der Waals surface area contributed by atoms with Crippen LogP contribution in [0.2, 0.25) is 0 Å². The summed E-state index contributed by atoms with van der Waals surface area (Å²) >= 11 is 0. The van der Waals surface area contributed by atoms with Crippen molar-refractivity contribution in [3.8, 4) is 0 Å². The highest BCUT2D eigenvalue weighted by atomic mass is 32.2. The number of ether oxygens (including phenoxy) is 2. The molecule has 2 aromatic carbocycles. The number of hydrogen-bond acceptors (Lipinski definition) is 6. The molecular weight excluding hydrogens is 312 g/mol. The molecule has 1 N–H and O–H groups in total. The summed E-state index contributed by atoms with van der Waals surface area (Å²) in [6.07, 6.45) is 0. The van der Waals surface area contributed by atoms with E-state index in [1.165, 1.54) is 18.2 Å². The largest absolute Gasteiger partial charge is 0.465 e. The van der Waals surface area contributed by atoms with Gasteiger partial charge >= 0.3 is 11.9 Å². The van der Waals surface area contributed by atoms with Crippen LogP contribution in [0.15, 0.2) is 35.2 Å². The summed E-state index contributed by atoms with van der Waals surface area (Å²) < 4.78 is 41.9. The summed E-state index contributed by atoms with van der Waals surface area (Å²) in [5.74, 6) is -1.74. The topological polar surface area (TPSA) is 107 Å². The molecule has 0 aliphatic rings. The van der Waals surface area contributed by atoms with Gasteiger partial charge in [0.1, 0.15) is 4.90 Å². The molecule has 0 saturated carbocycles. The number of benzene rings is 2. The van der Waals surface area contributed by atoms with Gasteiger partial charge < -0.3 is 9.47 Å². The van der Waals surface area contributed by atoms with Gasteiger partial charge in [0.2, 0.25) is 0 Å². The van der Waals surface area contributed by atoms with Crippen LogP contribution < -0.4 is 0 Å². The molecule has 0 bridgehead atoms. The molecule has 0 aliphatic carbocycles. The maximum Gasteiger partial charge on any atom is 0.339 e. The number of hydrogen-bond donors (Lipinski definition) is 1. The Morgan fingerprint density at radius 1 is 0.955 bits per heavy atom. The predicted molar refractivity (Wildman–Crippen MR) is 76.4 cm³/mol. The fourth-order valence-electron chi connectivity index (χ4n) is 2.17. The lowest BCUT2D eigenvalue weighted by Crippen LogP contribution is -2.14. The van der Waals surface area contributed by atoms with Crippen molar-refractivity contribution in [2.45, 2.75) is 4.90 Å². The minimum atomic E-state index is -4.72. The van der Waals surface area contributed by atoms with Crippen molar-refractivity contribution in [2.75, 3.05) is 14.2 Å². The van der Waals surface area contributed by atoms with Gasteiger partial charge in [0.15, 0.2) is 0 Å². The van der Waals surface area contributed by atoms with E-state index in [2.05, 4.69) is 9.47 Å². The van der Waals surface area contributed by atoms with Crippen LogP contribution in [0.1, 0.15) is 20.7 Å². The van der Waals surface area contributed by atoms with Gasteiger partial charge in [-0.25, -0.2) is 9.59 Å². The first-order valence-corrected chi connectivity index (χ1v) is 7.45. The van der Waals surface area contributed by atoms with Crippen LogP contribution in [0.3, 0.4) is 0 Å². The third kappa shape index (κ3) is 2.66. The molecule has 22 heavy (non-hydrogen) atoms. The van der Waals surface area contributed by atoms with Crippen LogP contribution in [0.4, 0.5) is 0 Å². The Hall–Kier alpha value is -2.45. The third-order valence-corrected chi connectivity index (χ3v) is 4.02. The summed E-state index contributed by atoms with van der Waals surface area (Å²) in [5.41, 5.74) is -0.449. The van der Waals surface area contributed by atoms with Crippen molar-refractivity contribution in [3.63, 3.8) is 0 Å². The van der Waals surface area contributed by atoms with Crippen LogP contribution in [0, 0.1) is 0 Å². The third-order valence-electron chi connectivity index (χ3n) is 3.06. The lowest BCUT2D eigenvalue weighted by molar-refractivity contribution is 0.0596. The molecule has 0 aliphatic heterocycles. The Kier molecular flexibility index (Phi) is 4.16. The van der Waals surface area contributed by atoms with Gasteiger partial charge in [0.05, 0.1) is 25.3 Å². The van der Waals surface area contributed by atoms with Gasteiger partial charge in [-0.3, -0.25) is 4.55 Å². The van der Waals surface area contributed by atoms with Crippen molar-refractivity contribution < 1.29 is 32.0 Å². The van der Waals surface area contributed by atoms with E-state index in [1.54, 1.807) is 6.07 Å². The van der Waals surface area contributed by atoms with Gasteiger partial charge in [-0.15, -0.1) is 0 Å². The van der Waals surface area contributed by atoms with Gasteiger partial charge in [0, 0.05) is 5.39 Å². The standard InChI is InChI=1S/C14H12O7S/c1-20-13(15)10-7-11(14(16)21-2)12(22(17,18)19)9-6-4-3-5-8(9)10/h3-7H,1-2H3,(H,17,18,19). The van der Waals surface area contributed by atoms with Crippen molar-refractivity contribution in [3.05, 3.63) is 41.5 Å². The molecule has 0 atom stereocenters. The highest BCUT2D eigenvalue weighted by Crippen LogP contribution is 2.30. The fourth-order valence-corrected chi connectivity index (χ4v) is 3.04. The van der Waals surface area contributed by atoms with Crippen LogP contribution in [-0.2, 0) is 19.6 Å². The summed E-state index contributed by atoms with van der Waals surface area (Å²) in [5, 5.41) is 0.253. The Balaban J connectivity index is 3.04. The first-order valence-electron chi connectivity index (χ1n) is 6.01. The van der Waals surface area contributed by atoms with Crippen molar-refractivity contribution in [1.82, 2.24) is 0 Å². The summed E-state index contributed by atoms with van der Waals surface area (Å²) in [4.78, 5) is 23.1. The highest BCUT2D eigenvalue weighted by Gasteiger charge is 2.27. The molecule has 0 saturated heterocycles. The van der Waals surface area contributed by atoms with Gasteiger partial charge in [-0.2, -0.15) is 8.42 Å². The van der Waals surface area contributed by atoms with Crippen LogP contribution in [0.25, 0.3) is 10.8 Å². The quantitative estimate of drug-likeness (QED) is 0.675. The maximum absolute atomic E-state index is 11.9. The summed E-state index contributed by atoms with van der Waals surface area (Å²) in [7, 11) is -2.50. The lowest BCUT2D eigenvalue weighted by atomic mass is 10.0. The first-order chi connectivity index (χ1) is 10.3. The molecule has 0 heterocycles. The van der Waals surface area contributed by atoms with E-state index < -0.39 is 32.5 Å². The lowest BCUT2D eigenvalue weighted by Gasteiger charge is -2.12. The second-order valence-electron chi connectivity index (χ2n) is 4.30. The molecule has 7 nitrogen and oxygen atoms in total. The van der Waals surface area contributed by atoms with Gasteiger partial charge in [-0.1, -0.05) is 24.3 Å². The SMILES string of the molecule is COC(=O)c1cc(C(=O)OC)c2ccccc2c1S(=O)(=O)O. The zero-order chi connectivity index (χ0) is 16.5. The molecule has 0 radical (unpaired) electrons. The number of esters is 2. The maximum atomic E-state index is 11.9. The Morgan fingerprint density at radius 2 is 1.45 bits per heavy atom. The molecule has 0 amide bonds. The number of fused-ring (bicyclic) bond motifs is 1. The molecule has 116 valence electrons. The van der Waals surface area contributed by atoms with Crippen molar-refractivity contribution in [2.24, 2.45) is 0 Å². The number of rotatable bonds is 3. The van der Waals surface area contributed by atoms with Gasteiger partial charge in [-0.05, 0) is 11.5 Å². The van der Waals surface area contributed by atoms with Crippen molar-refractivity contribution >= 4 is 32.8 Å². The molecule has 0 spiro atoms. The monoisotopic (exact) mass is 324 g/mol. The average molecular weight is 324 g/mol. The van der Waals surface area contributed by atoms with E-state index in [4.69, 9.17) is 0 Å². The minimum Gasteiger partial charge on any atom is -0.465 e. The molecule has 2 rings (SSSR count). The summed E-state index contributed by atoms with van der Waals surface area (Å²) in [6, 6.07) is 6.98. The normalized spacial score (nSPS) is 11.2. The van der Waals surface area contributed by atoms with E-state index in [-0.39, 0.29) is 16.3 Å². The number of methoxy groups -OCH3 is 2. The van der Waals surface area contributed by atoms with E-state index >= 15 is 0 Å². The van der Waals surface area contributed by atoms with Crippen LogP contribution in [-0.4, -0.2) is 39.1 Å². The Morgan fingerprint density at radius 3 is 1.95 bits per heavy atom. The van der Waals surface area contributed by atoms with E-state index in [0.29, 0.717) is 0 Å². The Bertz CT molecular complexity index is 868. The van der Waals surface area contributed by atoms with Crippen LogP contribution >= 0.6 is 0 Å². The number of carbonyl (C=O) groups excluding carboxylic acids is 2. The molecule has 0 unspecified atom stereocenters. The van der Waals surface area contributed by atoms with Crippen molar-refractivity contribution in [1.29, 1.82) is 0 Å². The van der Waals surface area contributed by atoms with E-state index in [0.717, 1.165) is 20.3 Å². The Labute approximate surface area is 126 Å². The molecule has 0 aromatic heterocycles. The fraction of sp³-hybridized carbons (Fsp3) is 0.143. The molecule has 2 aromatic rings. The average Bonchev–Trinajstić information content (AvgIpc) is 2.50. The smallest absolute Gasteiger partial charge is 0.339 e. The molecule has 0 fully saturated rings. The first kappa shape index (κ1) is 15.9. The number of carbonyl (C=O) groups is 2.